The number of hydrogen-bond donors (Lipinski definition) is 0. The molecule has 0 aliphatic rings. The molecule has 0 aliphatic heterocycles. The van der Waals surface area contributed by atoms with Gasteiger partial charge in [-0.1, -0.05) is 51.0 Å². The average molecular weight is 175 g/mol. The Hall–Kier alpha value is -0.780. The minimum atomic E-state index is 1.19. The van der Waals surface area contributed by atoms with Crippen molar-refractivity contribution in [2.45, 2.75) is 39.5 Å². The number of hydrogen-bond acceptors (Lipinski definition) is 0. The van der Waals surface area contributed by atoms with Crippen LogP contribution in [0.25, 0.3) is 0 Å². The zero-order valence-electron chi connectivity index (χ0n) is 8.72. The Labute approximate surface area is 82.0 Å². The van der Waals surface area contributed by atoms with Crippen molar-refractivity contribution in [3.63, 3.8) is 0 Å². The smallest absolute Gasteiger partial charge is 0.00931 e. The summed E-state index contributed by atoms with van der Waals surface area (Å²) < 4.78 is 0. The van der Waals surface area contributed by atoms with E-state index in [1.807, 2.05) is 0 Å². The summed E-state index contributed by atoms with van der Waals surface area (Å²) in [4.78, 5) is 0. The van der Waals surface area contributed by atoms with E-state index in [1.54, 1.807) is 0 Å². The molecule has 0 heterocycles. The van der Waals surface area contributed by atoms with Crippen LogP contribution in [0.3, 0.4) is 0 Å². The van der Waals surface area contributed by atoms with Gasteiger partial charge in [-0.25, -0.2) is 0 Å². The summed E-state index contributed by atoms with van der Waals surface area (Å²) in [6, 6.07) is 8.87. The SMILES string of the molecule is CCC[CH]c1cccc(CCC)c1. The molecular formula is C13H19. The van der Waals surface area contributed by atoms with Crippen LogP contribution in [0.5, 0.6) is 0 Å². The summed E-state index contributed by atoms with van der Waals surface area (Å²) in [7, 11) is 0. The number of aryl methyl sites for hydroxylation is 1. The van der Waals surface area contributed by atoms with Gasteiger partial charge in [0.1, 0.15) is 0 Å². The van der Waals surface area contributed by atoms with Crippen LogP contribution in [0.15, 0.2) is 24.3 Å². The van der Waals surface area contributed by atoms with Gasteiger partial charge in [0, 0.05) is 0 Å². The monoisotopic (exact) mass is 175 g/mol. The second kappa shape index (κ2) is 5.80. The predicted molar refractivity (Wildman–Crippen MR) is 58.7 cm³/mol. The van der Waals surface area contributed by atoms with E-state index in [9.17, 15) is 0 Å². The highest BCUT2D eigenvalue weighted by Crippen LogP contribution is 2.11. The maximum atomic E-state index is 2.32. The quantitative estimate of drug-likeness (QED) is 0.634. The molecule has 0 fully saturated rings. The second-order valence-electron chi connectivity index (χ2n) is 3.49. The Morgan fingerprint density at radius 3 is 2.69 bits per heavy atom. The average Bonchev–Trinajstić information content (AvgIpc) is 2.16. The molecule has 1 aromatic rings. The molecule has 0 saturated heterocycles. The Kier molecular flexibility index (Phi) is 4.59. The predicted octanol–water partition coefficient (Wildman–Crippen LogP) is 3.99. The van der Waals surface area contributed by atoms with Crippen LogP contribution < -0.4 is 0 Å². The molecule has 0 saturated carbocycles. The van der Waals surface area contributed by atoms with E-state index in [1.165, 1.54) is 36.8 Å². The number of rotatable bonds is 5. The van der Waals surface area contributed by atoms with Crippen LogP contribution >= 0.6 is 0 Å². The lowest BCUT2D eigenvalue weighted by atomic mass is 10.0. The molecule has 1 rings (SSSR count). The molecule has 0 N–H and O–H groups in total. The molecule has 0 amide bonds. The van der Waals surface area contributed by atoms with Crippen LogP contribution in [0.1, 0.15) is 44.2 Å². The van der Waals surface area contributed by atoms with Crippen LogP contribution in [-0.4, -0.2) is 0 Å². The molecular weight excluding hydrogens is 156 g/mol. The molecule has 0 bridgehead atoms. The normalized spacial score (nSPS) is 10.3. The largest absolute Gasteiger partial charge is 0.0654 e. The summed E-state index contributed by atoms with van der Waals surface area (Å²) in [6.07, 6.45) is 7.18. The fourth-order valence-electron chi connectivity index (χ4n) is 1.48. The molecule has 1 aromatic carbocycles. The van der Waals surface area contributed by atoms with E-state index in [0.717, 1.165) is 0 Å². The van der Waals surface area contributed by atoms with Crippen molar-refractivity contribution in [3.8, 4) is 0 Å². The third-order valence-electron chi connectivity index (χ3n) is 2.16. The summed E-state index contributed by atoms with van der Waals surface area (Å²) in [5, 5.41) is 0. The van der Waals surface area contributed by atoms with Crippen LogP contribution in [0, 0.1) is 6.42 Å². The molecule has 0 atom stereocenters. The maximum Gasteiger partial charge on any atom is -0.00931 e. The second-order valence-corrected chi connectivity index (χ2v) is 3.49. The first-order valence-corrected chi connectivity index (χ1v) is 5.29. The van der Waals surface area contributed by atoms with Gasteiger partial charge < -0.3 is 0 Å². The van der Waals surface area contributed by atoms with Crippen molar-refractivity contribution in [2.75, 3.05) is 0 Å². The molecule has 0 spiro atoms. The first-order valence-electron chi connectivity index (χ1n) is 5.29. The highest BCUT2D eigenvalue weighted by atomic mass is 14.0. The Morgan fingerprint density at radius 2 is 2.00 bits per heavy atom. The molecule has 13 heavy (non-hydrogen) atoms. The van der Waals surface area contributed by atoms with Gasteiger partial charge in [-0.15, -0.1) is 0 Å². The standard InChI is InChI=1S/C13H19/c1-3-5-8-13-10-6-9-12(11-13)7-4-2/h6,8-11H,3-5,7H2,1-2H3. The van der Waals surface area contributed by atoms with E-state index >= 15 is 0 Å². The van der Waals surface area contributed by atoms with E-state index < -0.39 is 0 Å². The molecule has 1 radical (unpaired) electrons. The van der Waals surface area contributed by atoms with E-state index in [2.05, 4.69) is 44.5 Å². The summed E-state index contributed by atoms with van der Waals surface area (Å²) in [5.74, 6) is 0. The van der Waals surface area contributed by atoms with Gasteiger partial charge in [0.2, 0.25) is 0 Å². The summed E-state index contributed by atoms with van der Waals surface area (Å²) in [6.45, 7) is 4.44. The lowest BCUT2D eigenvalue weighted by Crippen LogP contribution is -1.86. The Balaban J connectivity index is 2.56. The van der Waals surface area contributed by atoms with Crippen molar-refractivity contribution >= 4 is 0 Å². The van der Waals surface area contributed by atoms with Crippen molar-refractivity contribution in [1.82, 2.24) is 0 Å². The van der Waals surface area contributed by atoms with Crippen LogP contribution in [0.4, 0.5) is 0 Å². The van der Waals surface area contributed by atoms with Gasteiger partial charge in [-0.3, -0.25) is 0 Å². The molecule has 0 aliphatic carbocycles. The van der Waals surface area contributed by atoms with Crippen molar-refractivity contribution in [3.05, 3.63) is 41.8 Å². The first-order chi connectivity index (χ1) is 6.36. The fraction of sp³-hybridized carbons (Fsp3) is 0.462. The Morgan fingerprint density at radius 1 is 1.15 bits per heavy atom. The lowest BCUT2D eigenvalue weighted by molar-refractivity contribution is 0.902. The van der Waals surface area contributed by atoms with Crippen molar-refractivity contribution < 1.29 is 0 Å². The van der Waals surface area contributed by atoms with Gasteiger partial charge in [0.25, 0.3) is 0 Å². The minimum absolute atomic E-state index is 1.19. The minimum Gasteiger partial charge on any atom is -0.0654 e. The van der Waals surface area contributed by atoms with Gasteiger partial charge in [-0.05, 0) is 30.4 Å². The van der Waals surface area contributed by atoms with Gasteiger partial charge in [-0.2, -0.15) is 0 Å². The molecule has 0 nitrogen and oxygen atoms in total. The molecule has 0 heteroatoms. The van der Waals surface area contributed by atoms with Gasteiger partial charge >= 0.3 is 0 Å². The van der Waals surface area contributed by atoms with Gasteiger partial charge in [0.05, 0.1) is 0 Å². The number of benzene rings is 1. The highest BCUT2D eigenvalue weighted by Gasteiger charge is 1.94. The van der Waals surface area contributed by atoms with Crippen molar-refractivity contribution in [2.24, 2.45) is 0 Å². The topological polar surface area (TPSA) is 0 Å². The third-order valence-corrected chi connectivity index (χ3v) is 2.16. The molecule has 0 unspecified atom stereocenters. The van der Waals surface area contributed by atoms with Gasteiger partial charge in [0.15, 0.2) is 0 Å². The zero-order valence-corrected chi connectivity index (χ0v) is 8.72. The zero-order chi connectivity index (χ0) is 9.52. The first kappa shape index (κ1) is 10.3. The van der Waals surface area contributed by atoms with Crippen LogP contribution in [0.2, 0.25) is 0 Å². The van der Waals surface area contributed by atoms with E-state index in [0.29, 0.717) is 0 Å². The molecule has 0 aromatic heterocycles. The summed E-state index contributed by atoms with van der Waals surface area (Å²) in [5.41, 5.74) is 2.85. The molecule has 71 valence electrons. The van der Waals surface area contributed by atoms with Crippen LogP contribution in [-0.2, 0) is 6.42 Å². The number of unbranched alkanes of at least 4 members (excludes halogenated alkanes) is 1. The van der Waals surface area contributed by atoms with Crippen molar-refractivity contribution in [1.29, 1.82) is 0 Å². The van der Waals surface area contributed by atoms with E-state index in [-0.39, 0.29) is 0 Å². The maximum absolute atomic E-state index is 2.32. The lowest BCUT2D eigenvalue weighted by Gasteiger charge is -2.02. The fourth-order valence-corrected chi connectivity index (χ4v) is 1.48. The summed E-state index contributed by atoms with van der Waals surface area (Å²) >= 11 is 0. The highest BCUT2D eigenvalue weighted by molar-refractivity contribution is 5.28. The Bertz CT molecular complexity index is 238. The van der Waals surface area contributed by atoms with E-state index in [4.69, 9.17) is 0 Å². The third kappa shape index (κ3) is 3.63.